The average molecular weight is 418 g/mol. The highest BCUT2D eigenvalue weighted by molar-refractivity contribution is 5.99. The van der Waals surface area contributed by atoms with Crippen molar-refractivity contribution >= 4 is 40.5 Å². The number of hydrogen-bond donors (Lipinski definition) is 4. The van der Waals surface area contributed by atoms with E-state index in [1.54, 1.807) is 30.3 Å². The first kappa shape index (κ1) is 23.2. The molecule has 0 saturated carbocycles. The molecule has 160 valence electrons. The third-order valence-corrected chi connectivity index (χ3v) is 3.99. The number of rotatable bonds is 5. The molecule has 3 aromatic rings. The fourth-order valence-corrected chi connectivity index (χ4v) is 2.67. The monoisotopic (exact) mass is 418 g/mol. The fourth-order valence-electron chi connectivity index (χ4n) is 2.67. The molecule has 0 spiro atoms. The van der Waals surface area contributed by atoms with Gasteiger partial charge in [-0.3, -0.25) is 14.4 Å². The average Bonchev–Trinajstić information content (AvgIpc) is 2.72. The van der Waals surface area contributed by atoms with Crippen molar-refractivity contribution in [2.24, 2.45) is 0 Å². The van der Waals surface area contributed by atoms with Crippen LogP contribution in [0.2, 0.25) is 0 Å². The Balaban J connectivity index is 0.000000262. The van der Waals surface area contributed by atoms with Gasteiger partial charge in [-0.15, -0.1) is 0 Å². The maximum atomic E-state index is 12.0. The van der Waals surface area contributed by atoms with Crippen LogP contribution in [0.5, 0.6) is 0 Å². The molecular formula is C24H26N4O3. The van der Waals surface area contributed by atoms with Gasteiger partial charge in [0.2, 0.25) is 17.7 Å². The summed E-state index contributed by atoms with van der Waals surface area (Å²) in [6.45, 7) is 2.88. The van der Waals surface area contributed by atoms with Crippen LogP contribution in [0.3, 0.4) is 0 Å². The van der Waals surface area contributed by atoms with Crippen molar-refractivity contribution in [2.75, 3.05) is 21.7 Å². The van der Waals surface area contributed by atoms with Crippen LogP contribution in [0.1, 0.15) is 19.4 Å². The largest absolute Gasteiger partial charge is 0.397 e. The molecular weight excluding hydrogens is 392 g/mol. The molecule has 0 radical (unpaired) electrons. The molecule has 0 aliphatic rings. The Morgan fingerprint density at radius 2 is 1.10 bits per heavy atom. The maximum absolute atomic E-state index is 12.0. The van der Waals surface area contributed by atoms with E-state index >= 15 is 0 Å². The second-order valence-corrected chi connectivity index (χ2v) is 6.71. The van der Waals surface area contributed by atoms with Gasteiger partial charge in [-0.1, -0.05) is 54.6 Å². The lowest BCUT2D eigenvalue weighted by Crippen LogP contribution is -2.16. The van der Waals surface area contributed by atoms with Gasteiger partial charge in [-0.25, -0.2) is 0 Å². The van der Waals surface area contributed by atoms with Gasteiger partial charge in [0, 0.05) is 13.8 Å². The molecule has 0 bridgehead atoms. The summed E-state index contributed by atoms with van der Waals surface area (Å²) in [7, 11) is 0. The highest BCUT2D eigenvalue weighted by atomic mass is 16.2. The Morgan fingerprint density at radius 3 is 1.65 bits per heavy atom. The Kier molecular flexibility index (Phi) is 8.79. The third-order valence-electron chi connectivity index (χ3n) is 3.99. The minimum absolute atomic E-state index is 0.108. The Labute approximate surface area is 181 Å². The molecule has 0 aromatic heterocycles. The summed E-state index contributed by atoms with van der Waals surface area (Å²) in [5.41, 5.74) is 8.95. The van der Waals surface area contributed by atoms with Crippen LogP contribution in [0, 0.1) is 0 Å². The first-order chi connectivity index (χ1) is 14.8. The zero-order chi connectivity index (χ0) is 22.6. The van der Waals surface area contributed by atoms with Crippen molar-refractivity contribution < 1.29 is 14.4 Å². The van der Waals surface area contributed by atoms with Crippen molar-refractivity contribution in [3.8, 4) is 0 Å². The van der Waals surface area contributed by atoms with Gasteiger partial charge in [0.25, 0.3) is 0 Å². The molecule has 5 N–H and O–H groups in total. The summed E-state index contributed by atoms with van der Waals surface area (Å²) in [4.78, 5) is 33.7. The van der Waals surface area contributed by atoms with E-state index in [1.807, 2.05) is 48.5 Å². The topological polar surface area (TPSA) is 113 Å². The predicted molar refractivity (Wildman–Crippen MR) is 125 cm³/mol. The lowest BCUT2D eigenvalue weighted by atomic mass is 10.1. The van der Waals surface area contributed by atoms with Gasteiger partial charge >= 0.3 is 0 Å². The van der Waals surface area contributed by atoms with Gasteiger partial charge in [-0.2, -0.15) is 0 Å². The highest BCUT2D eigenvalue weighted by Crippen LogP contribution is 2.21. The summed E-state index contributed by atoms with van der Waals surface area (Å²) in [6, 6.07) is 23.8. The molecule has 0 aliphatic heterocycles. The van der Waals surface area contributed by atoms with E-state index in [9.17, 15) is 14.4 Å². The number of hydrogen-bond acceptors (Lipinski definition) is 4. The van der Waals surface area contributed by atoms with E-state index in [2.05, 4.69) is 16.0 Å². The summed E-state index contributed by atoms with van der Waals surface area (Å²) in [5, 5.41) is 8.11. The van der Waals surface area contributed by atoms with E-state index < -0.39 is 0 Å². The fraction of sp³-hybridized carbons (Fsp3) is 0.125. The van der Waals surface area contributed by atoms with E-state index in [0.29, 0.717) is 29.2 Å². The summed E-state index contributed by atoms with van der Waals surface area (Å²) in [6.07, 6.45) is 0.301. The van der Waals surface area contributed by atoms with E-state index in [4.69, 9.17) is 5.73 Å². The second kappa shape index (κ2) is 11.8. The first-order valence-corrected chi connectivity index (χ1v) is 9.67. The molecule has 3 rings (SSSR count). The van der Waals surface area contributed by atoms with Crippen LogP contribution in [-0.4, -0.2) is 17.7 Å². The molecule has 31 heavy (non-hydrogen) atoms. The third kappa shape index (κ3) is 8.41. The summed E-state index contributed by atoms with van der Waals surface area (Å²) < 4.78 is 0. The normalized spacial score (nSPS) is 9.61. The van der Waals surface area contributed by atoms with Gasteiger partial charge < -0.3 is 21.7 Å². The van der Waals surface area contributed by atoms with Gasteiger partial charge in [0.1, 0.15) is 0 Å². The summed E-state index contributed by atoms with van der Waals surface area (Å²) >= 11 is 0. The van der Waals surface area contributed by atoms with Crippen molar-refractivity contribution in [3.63, 3.8) is 0 Å². The zero-order valence-corrected chi connectivity index (χ0v) is 17.5. The minimum atomic E-state index is -0.172. The van der Waals surface area contributed by atoms with Crippen molar-refractivity contribution in [1.29, 1.82) is 0 Å². The minimum Gasteiger partial charge on any atom is -0.397 e. The molecule has 0 heterocycles. The first-order valence-electron chi connectivity index (χ1n) is 9.67. The van der Waals surface area contributed by atoms with E-state index in [-0.39, 0.29) is 17.7 Å². The van der Waals surface area contributed by atoms with Crippen LogP contribution in [-0.2, 0) is 20.8 Å². The van der Waals surface area contributed by atoms with Crippen LogP contribution in [0.25, 0.3) is 0 Å². The SMILES string of the molecule is CC(=O)Nc1ccccc1N.CC(=O)Nc1ccccc1NC(=O)Cc1ccccc1. The van der Waals surface area contributed by atoms with E-state index in [1.165, 1.54) is 13.8 Å². The number of para-hydroxylation sites is 4. The quantitative estimate of drug-likeness (QED) is 0.468. The van der Waals surface area contributed by atoms with E-state index in [0.717, 1.165) is 5.56 Å². The molecule has 3 aromatic carbocycles. The maximum Gasteiger partial charge on any atom is 0.228 e. The molecule has 3 amide bonds. The van der Waals surface area contributed by atoms with Crippen molar-refractivity contribution in [1.82, 2.24) is 0 Å². The number of carbonyl (C=O) groups is 3. The van der Waals surface area contributed by atoms with Crippen LogP contribution < -0.4 is 21.7 Å². The standard InChI is InChI=1S/C16H16N2O2.C8H10N2O/c1-12(19)17-14-9-5-6-10-15(14)18-16(20)11-13-7-3-2-4-8-13;1-6(11)10-8-5-3-2-4-7(8)9/h2-10H,11H2,1H3,(H,17,19)(H,18,20);2-5H,9H2,1H3,(H,10,11). The Bertz CT molecular complexity index is 1040. The molecule has 7 heteroatoms. The number of nitrogen functional groups attached to an aromatic ring is 1. The van der Waals surface area contributed by atoms with Crippen molar-refractivity contribution in [2.45, 2.75) is 20.3 Å². The lowest BCUT2D eigenvalue weighted by molar-refractivity contribution is -0.116. The molecule has 0 atom stereocenters. The lowest BCUT2D eigenvalue weighted by Gasteiger charge is -2.11. The van der Waals surface area contributed by atoms with Gasteiger partial charge in [0.05, 0.1) is 29.2 Å². The van der Waals surface area contributed by atoms with Crippen LogP contribution in [0.15, 0.2) is 78.9 Å². The number of nitrogens with two attached hydrogens (primary N) is 1. The number of nitrogens with one attached hydrogen (secondary N) is 3. The van der Waals surface area contributed by atoms with Crippen molar-refractivity contribution in [3.05, 3.63) is 84.4 Å². The highest BCUT2D eigenvalue weighted by Gasteiger charge is 2.08. The molecule has 0 aliphatic carbocycles. The van der Waals surface area contributed by atoms with Crippen LogP contribution in [0.4, 0.5) is 22.7 Å². The molecule has 7 nitrogen and oxygen atoms in total. The zero-order valence-electron chi connectivity index (χ0n) is 17.5. The van der Waals surface area contributed by atoms with Gasteiger partial charge in [-0.05, 0) is 29.8 Å². The summed E-state index contributed by atoms with van der Waals surface area (Å²) in [5.74, 6) is -0.397. The number of benzene rings is 3. The Morgan fingerprint density at radius 1 is 0.645 bits per heavy atom. The smallest absolute Gasteiger partial charge is 0.228 e. The number of anilines is 4. The Hall–Kier alpha value is -4.13. The second-order valence-electron chi connectivity index (χ2n) is 6.71. The molecule has 0 unspecified atom stereocenters. The van der Waals surface area contributed by atoms with Crippen LogP contribution >= 0.6 is 0 Å². The molecule has 0 saturated heterocycles. The predicted octanol–water partition coefficient (Wildman–Crippen LogP) is 4.05. The number of amides is 3. The molecule has 0 fully saturated rings. The number of carbonyl (C=O) groups excluding carboxylic acids is 3. The van der Waals surface area contributed by atoms with Gasteiger partial charge in [0.15, 0.2) is 0 Å².